The standard InChI is InChI=1S/C12H15NO5S/c14-10-2-1-8(7-11(10)15)12(16)13-9-3-5-19(17,18)6-4-9/h1-2,7,9,14-15H,3-6H2,(H,13,16). The van der Waals surface area contributed by atoms with Crippen LogP contribution in [-0.4, -0.2) is 42.1 Å². The maximum Gasteiger partial charge on any atom is 0.251 e. The predicted octanol–water partition coefficient (Wildman–Crippen LogP) is 0.405. The van der Waals surface area contributed by atoms with Gasteiger partial charge in [0.2, 0.25) is 0 Å². The lowest BCUT2D eigenvalue weighted by atomic mass is 10.1. The molecule has 1 aromatic carbocycles. The minimum atomic E-state index is -2.95. The molecular formula is C12H15NO5S. The van der Waals surface area contributed by atoms with Gasteiger partial charge >= 0.3 is 0 Å². The molecule has 0 spiro atoms. The molecule has 6 nitrogen and oxygen atoms in total. The Kier molecular flexibility index (Phi) is 3.66. The van der Waals surface area contributed by atoms with Crippen LogP contribution in [0.2, 0.25) is 0 Å². The molecular weight excluding hydrogens is 270 g/mol. The number of sulfone groups is 1. The van der Waals surface area contributed by atoms with Gasteiger partial charge in [-0.25, -0.2) is 8.42 Å². The molecule has 1 amide bonds. The summed E-state index contributed by atoms with van der Waals surface area (Å²) in [5, 5.41) is 21.2. The van der Waals surface area contributed by atoms with Crippen LogP contribution in [0.4, 0.5) is 0 Å². The number of carbonyl (C=O) groups excluding carboxylic acids is 1. The minimum Gasteiger partial charge on any atom is -0.504 e. The van der Waals surface area contributed by atoms with Crippen LogP contribution in [0.3, 0.4) is 0 Å². The smallest absolute Gasteiger partial charge is 0.251 e. The van der Waals surface area contributed by atoms with Crippen LogP contribution in [0.1, 0.15) is 23.2 Å². The SMILES string of the molecule is O=C(NC1CCS(=O)(=O)CC1)c1ccc(O)c(O)c1. The van der Waals surface area contributed by atoms with Gasteiger partial charge in [0.05, 0.1) is 11.5 Å². The summed E-state index contributed by atoms with van der Waals surface area (Å²) in [6, 6.07) is 3.62. The van der Waals surface area contributed by atoms with Gasteiger partial charge in [-0.15, -0.1) is 0 Å². The van der Waals surface area contributed by atoms with Crippen molar-refractivity contribution in [3.8, 4) is 11.5 Å². The summed E-state index contributed by atoms with van der Waals surface area (Å²) in [5.74, 6) is -0.879. The molecule has 0 saturated carbocycles. The zero-order valence-electron chi connectivity index (χ0n) is 10.2. The number of phenols is 2. The molecule has 0 unspecified atom stereocenters. The Labute approximate surface area is 111 Å². The highest BCUT2D eigenvalue weighted by molar-refractivity contribution is 7.91. The predicted molar refractivity (Wildman–Crippen MR) is 68.9 cm³/mol. The van der Waals surface area contributed by atoms with E-state index in [1.54, 1.807) is 0 Å². The van der Waals surface area contributed by atoms with Crippen LogP contribution in [0.25, 0.3) is 0 Å². The van der Waals surface area contributed by atoms with Crippen molar-refractivity contribution >= 4 is 15.7 Å². The van der Waals surface area contributed by atoms with Crippen molar-refractivity contribution in [3.05, 3.63) is 23.8 Å². The second-order valence-electron chi connectivity index (χ2n) is 4.60. The van der Waals surface area contributed by atoms with E-state index in [4.69, 9.17) is 5.11 Å². The molecule has 0 radical (unpaired) electrons. The fourth-order valence-corrected chi connectivity index (χ4v) is 3.46. The van der Waals surface area contributed by atoms with Crippen molar-refractivity contribution in [3.63, 3.8) is 0 Å². The number of amides is 1. The molecule has 3 N–H and O–H groups in total. The number of aromatic hydroxyl groups is 2. The van der Waals surface area contributed by atoms with E-state index in [0.717, 1.165) is 0 Å². The van der Waals surface area contributed by atoms with Crippen molar-refractivity contribution < 1.29 is 23.4 Å². The normalized spacial score (nSPS) is 18.9. The van der Waals surface area contributed by atoms with Crippen molar-refractivity contribution in [1.29, 1.82) is 0 Å². The summed E-state index contributed by atoms with van der Waals surface area (Å²) in [5.41, 5.74) is 0.226. The van der Waals surface area contributed by atoms with E-state index in [0.29, 0.717) is 12.8 Å². The molecule has 1 heterocycles. The van der Waals surface area contributed by atoms with Crippen LogP contribution >= 0.6 is 0 Å². The lowest BCUT2D eigenvalue weighted by Crippen LogP contribution is -2.40. The van der Waals surface area contributed by atoms with E-state index in [1.165, 1.54) is 18.2 Å². The van der Waals surface area contributed by atoms with Gasteiger partial charge in [0, 0.05) is 11.6 Å². The summed E-state index contributed by atoms with van der Waals surface area (Å²) < 4.78 is 22.5. The quantitative estimate of drug-likeness (QED) is 0.683. The maximum atomic E-state index is 11.9. The molecule has 7 heteroatoms. The number of hydrogen-bond acceptors (Lipinski definition) is 5. The first-order valence-electron chi connectivity index (χ1n) is 5.91. The largest absolute Gasteiger partial charge is 0.504 e. The third-order valence-electron chi connectivity index (χ3n) is 3.13. The highest BCUT2D eigenvalue weighted by Crippen LogP contribution is 2.25. The van der Waals surface area contributed by atoms with Gasteiger partial charge in [-0.1, -0.05) is 0 Å². The van der Waals surface area contributed by atoms with Gasteiger partial charge in [-0.05, 0) is 31.0 Å². The van der Waals surface area contributed by atoms with Gasteiger partial charge in [-0.2, -0.15) is 0 Å². The van der Waals surface area contributed by atoms with Crippen molar-refractivity contribution in [1.82, 2.24) is 5.32 Å². The molecule has 2 rings (SSSR count). The van der Waals surface area contributed by atoms with Crippen molar-refractivity contribution in [2.75, 3.05) is 11.5 Å². The fourth-order valence-electron chi connectivity index (χ4n) is 1.97. The molecule has 0 aromatic heterocycles. The second kappa shape index (κ2) is 5.08. The van der Waals surface area contributed by atoms with Gasteiger partial charge in [-0.3, -0.25) is 4.79 Å². The van der Waals surface area contributed by atoms with E-state index in [2.05, 4.69) is 5.32 Å². The molecule has 1 aromatic rings. The zero-order valence-corrected chi connectivity index (χ0v) is 11.0. The topological polar surface area (TPSA) is 104 Å². The van der Waals surface area contributed by atoms with Crippen LogP contribution in [0, 0.1) is 0 Å². The van der Waals surface area contributed by atoms with Crippen LogP contribution in [0.15, 0.2) is 18.2 Å². The van der Waals surface area contributed by atoms with Crippen LogP contribution in [-0.2, 0) is 9.84 Å². The van der Waals surface area contributed by atoms with E-state index in [9.17, 15) is 18.3 Å². The Hall–Kier alpha value is -1.76. The summed E-state index contributed by atoms with van der Waals surface area (Å²) in [6.07, 6.45) is 0.802. The molecule has 0 bridgehead atoms. The summed E-state index contributed by atoms with van der Waals surface area (Å²) in [4.78, 5) is 11.9. The number of carbonyl (C=O) groups is 1. The van der Waals surface area contributed by atoms with Crippen molar-refractivity contribution in [2.45, 2.75) is 18.9 Å². The number of rotatable bonds is 2. The number of benzene rings is 1. The number of nitrogens with one attached hydrogen (secondary N) is 1. The molecule has 0 aliphatic carbocycles. The summed E-state index contributed by atoms with van der Waals surface area (Å²) in [6.45, 7) is 0. The lowest BCUT2D eigenvalue weighted by molar-refractivity contribution is 0.0934. The maximum absolute atomic E-state index is 11.9. The molecule has 0 atom stereocenters. The highest BCUT2D eigenvalue weighted by Gasteiger charge is 2.25. The van der Waals surface area contributed by atoms with Gasteiger partial charge in [0.15, 0.2) is 11.5 Å². The zero-order chi connectivity index (χ0) is 14.0. The Morgan fingerprint density at radius 1 is 1.16 bits per heavy atom. The average Bonchev–Trinajstić information content (AvgIpc) is 2.35. The summed E-state index contributed by atoms with van der Waals surface area (Å²) >= 11 is 0. The Bertz CT molecular complexity index is 582. The molecule has 1 aliphatic rings. The van der Waals surface area contributed by atoms with Crippen LogP contribution < -0.4 is 5.32 Å². The molecule has 1 aliphatic heterocycles. The number of hydrogen-bond donors (Lipinski definition) is 3. The van der Waals surface area contributed by atoms with E-state index in [-0.39, 0.29) is 40.5 Å². The number of phenolic OH excluding ortho intramolecular Hbond substituents is 2. The first-order chi connectivity index (χ1) is 8.87. The summed E-state index contributed by atoms with van der Waals surface area (Å²) in [7, 11) is -2.95. The molecule has 104 valence electrons. The van der Waals surface area contributed by atoms with E-state index >= 15 is 0 Å². The average molecular weight is 285 g/mol. The third kappa shape index (κ3) is 3.37. The minimum absolute atomic E-state index is 0.0821. The van der Waals surface area contributed by atoms with Gasteiger partial charge in [0.1, 0.15) is 9.84 Å². The lowest BCUT2D eigenvalue weighted by Gasteiger charge is -2.23. The van der Waals surface area contributed by atoms with Gasteiger partial charge in [0.25, 0.3) is 5.91 Å². The van der Waals surface area contributed by atoms with Crippen LogP contribution in [0.5, 0.6) is 11.5 Å². The Morgan fingerprint density at radius 2 is 1.79 bits per heavy atom. The second-order valence-corrected chi connectivity index (χ2v) is 6.91. The monoisotopic (exact) mass is 285 g/mol. The molecule has 1 fully saturated rings. The van der Waals surface area contributed by atoms with Crippen molar-refractivity contribution in [2.24, 2.45) is 0 Å². The first-order valence-corrected chi connectivity index (χ1v) is 7.73. The van der Waals surface area contributed by atoms with E-state index < -0.39 is 9.84 Å². The molecule has 19 heavy (non-hydrogen) atoms. The third-order valence-corrected chi connectivity index (χ3v) is 4.84. The molecule has 1 saturated heterocycles. The van der Waals surface area contributed by atoms with E-state index in [1.807, 2.05) is 0 Å². The Balaban J connectivity index is 2.00. The Morgan fingerprint density at radius 3 is 2.37 bits per heavy atom. The highest BCUT2D eigenvalue weighted by atomic mass is 32.2. The fraction of sp³-hybridized carbons (Fsp3) is 0.417. The van der Waals surface area contributed by atoms with Gasteiger partial charge < -0.3 is 15.5 Å². The first kappa shape index (κ1) is 13.7.